The lowest BCUT2D eigenvalue weighted by molar-refractivity contribution is -0.125. The molecule has 1 aliphatic rings. The summed E-state index contributed by atoms with van der Waals surface area (Å²) in [6.45, 7) is 5.32. The van der Waals surface area contributed by atoms with Gasteiger partial charge in [0.1, 0.15) is 18.1 Å². The molecule has 79 heavy (non-hydrogen) atoms. The summed E-state index contributed by atoms with van der Waals surface area (Å²) in [5.41, 5.74) is 5.32. The number of hydrogen-bond acceptors (Lipinski definition) is 16. The molecule has 2 aromatic heterocycles. The zero-order chi connectivity index (χ0) is 55.8. The normalized spacial score (nSPS) is 12.1. The van der Waals surface area contributed by atoms with E-state index in [9.17, 15) is 24.3 Å². The molecule has 0 saturated carbocycles. The van der Waals surface area contributed by atoms with Crippen LogP contribution in [0.15, 0.2) is 113 Å². The van der Waals surface area contributed by atoms with Crippen LogP contribution >= 0.6 is 6.72 Å². The molecule has 0 bridgehead atoms. The van der Waals surface area contributed by atoms with Crippen LogP contribution in [0.5, 0.6) is 11.5 Å². The number of para-hydroxylation sites is 1. The molecule has 4 aromatic carbocycles. The van der Waals surface area contributed by atoms with Crippen molar-refractivity contribution in [2.24, 2.45) is 0 Å². The SMILES string of the molecule is C=CCOc1ccc2c(=O)cc(-c3ccc(C(=O)NCCOCCOCCOCCOCCOCCn4nnc5c4-c4ccccc4N(C(=O)CCC(=O)NCCCCCCOP(O)(O)=S)Cc4ccccc4-5)cc3)oc2c1O. The van der Waals surface area contributed by atoms with Gasteiger partial charge < -0.3 is 67.8 Å². The summed E-state index contributed by atoms with van der Waals surface area (Å²) in [6, 6.07) is 26.3. The maximum absolute atomic E-state index is 14.0. The van der Waals surface area contributed by atoms with Crippen LogP contribution in [0, 0.1) is 0 Å². The molecule has 23 heteroatoms. The third kappa shape index (κ3) is 18.2. The maximum Gasteiger partial charge on any atom is 0.321 e. The van der Waals surface area contributed by atoms with E-state index in [2.05, 4.69) is 39.3 Å². The molecule has 0 unspecified atom stereocenters. The van der Waals surface area contributed by atoms with Crippen LogP contribution in [-0.4, -0.2) is 140 Å². The van der Waals surface area contributed by atoms with Crippen molar-refractivity contribution in [1.82, 2.24) is 25.6 Å². The van der Waals surface area contributed by atoms with Crippen LogP contribution in [0.4, 0.5) is 5.69 Å². The first-order valence-corrected chi connectivity index (χ1v) is 28.7. The number of rotatable bonds is 34. The predicted octanol–water partition coefficient (Wildman–Crippen LogP) is 6.70. The number of ether oxygens (including phenoxy) is 6. The molecule has 0 saturated heterocycles. The molecule has 21 nitrogen and oxygen atoms in total. The number of amides is 3. The molecular weight excluding hydrogens is 1060 g/mol. The molecule has 3 amide bonds. The van der Waals surface area contributed by atoms with Crippen molar-refractivity contribution in [3.05, 3.63) is 125 Å². The molecular formula is C56H67N6O15PS. The van der Waals surface area contributed by atoms with E-state index in [-0.39, 0.29) is 90.6 Å². The number of phenols is 1. The van der Waals surface area contributed by atoms with E-state index in [1.165, 1.54) is 24.3 Å². The van der Waals surface area contributed by atoms with Gasteiger partial charge in [-0.25, -0.2) is 4.68 Å². The first-order chi connectivity index (χ1) is 38.4. The van der Waals surface area contributed by atoms with Gasteiger partial charge in [-0.2, -0.15) is 0 Å². The smallest absolute Gasteiger partial charge is 0.321 e. The number of aromatic hydroxyl groups is 1. The summed E-state index contributed by atoms with van der Waals surface area (Å²) in [7, 11) is 0. The average Bonchev–Trinajstić information content (AvgIpc) is 4.10. The lowest BCUT2D eigenvalue weighted by Gasteiger charge is -2.28. The quantitative estimate of drug-likeness (QED) is 0.0160. The highest BCUT2D eigenvalue weighted by Crippen LogP contribution is 2.42. The minimum atomic E-state index is -3.63. The minimum absolute atomic E-state index is 0.00224. The highest BCUT2D eigenvalue weighted by molar-refractivity contribution is 8.06. The van der Waals surface area contributed by atoms with Crippen molar-refractivity contribution in [3.8, 4) is 45.3 Å². The van der Waals surface area contributed by atoms with Crippen molar-refractivity contribution in [3.63, 3.8) is 0 Å². The van der Waals surface area contributed by atoms with Crippen LogP contribution in [-0.2, 0) is 62.7 Å². The first kappa shape index (κ1) is 60.0. The number of unbranched alkanes of at least 4 members (excludes halogenated alkanes) is 3. The number of nitrogens with zero attached hydrogens (tertiary/aromatic N) is 4. The molecule has 3 heterocycles. The fraction of sp³-hybridized carbons (Fsp3) is 0.393. The van der Waals surface area contributed by atoms with Gasteiger partial charge in [-0.05, 0) is 60.5 Å². The molecule has 7 rings (SSSR count). The van der Waals surface area contributed by atoms with Gasteiger partial charge in [-0.15, -0.1) is 5.10 Å². The van der Waals surface area contributed by atoms with Gasteiger partial charge in [-0.1, -0.05) is 85.3 Å². The topological polar surface area (TPSA) is 265 Å². The number of benzene rings is 4. The number of anilines is 1. The fourth-order valence-electron chi connectivity index (χ4n) is 8.48. The minimum Gasteiger partial charge on any atom is -0.502 e. The Morgan fingerprint density at radius 1 is 0.747 bits per heavy atom. The second-order valence-corrected chi connectivity index (χ2v) is 20.7. The summed E-state index contributed by atoms with van der Waals surface area (Å²) in [5, 5.41) is 25.7. The number of fused-ring (bicyclic) bond motifs is 6. The van der Waals surface area contributed by atoms with Gasteiger partial charge in [0.2, 0.25) is 17.6 Å². The van der Waals surface area contributed by atoms with Crippen molar-refractivity contribution < 1.29 is 66.6 Å². The third-order valence-corrected chi connectivity index (χ3v) is 13.2. The molecule has 422 valence electrons. The highest BCUT2D eigenvalue weighted by Gasteiger charge is 2.29. The van der Waals surface area contributed by atoms with Gasteiger partial charge in [0.25, 0.3) is 5.91 Å². The zero-order valence-electron chi connectivity index (χ0n) is 43.9. The van der Waals surface area contributed by atoms with E-state index in [0.29, 0.717) is 108 Å². The van der Waals surface area contributed by atoms with Gasteiger partial charge in [0.15, 0.2) is 16.8 Å². The predicted molar refractivity (Wildman–Crippen MR) is 299 cm³/mol. The Labute approximate surface area is 462 Å². The molecule has 6 aromatic rings. The summed E-state index contributed by atoms with van der Waals surface area (Å²) >= 11 is 4.45. The van der Waals surface area contributed by atoms with E-state index in [1.54, 1.807) is 33.8 Å². The molecule has 0 fully saturated rings. The number of nitrogens with one attached hydrogen (secondary N) is 2. The number of aromatic nitrogens is 3. The zero-order valence-corrected chi connectivity index (χ0v) is 45.6. The van der Waals surface area contributed by atoms with E-state index in [1.807, 2.05) is 48.5 Å². The van der Waals surface area contributed by atoms with Gasteiger partial charge >= 0.3 is 6.72 Å². The largest absolute Gasteiger partial charge is 0.502 e. The van der Waals surface area contributed by atoms with E-state index in [0.717, 1.165) is 41.6 Å². The molecule has 0 radical (unpaired) electrons. The van der Waals surface area contributed by atoms with Crippen LogP contribution in [0.1, 0.15) is 54.4 Å². The first-order valence-electron chi connectivity index (χ1n) is 26.1. The monoisotopic (exact) mass is 1130 g/mol. The maximum atomic E-state index is 14.0. The second-order valence-electron chi connectivity index (χ2n) is 18.0. The number of phenolic OH excluding ortho intramolecular Hbond substituents is 1. The summed E-state index contributed by atoms with van der Waals surface area (Å²) in [4.78, 5) is 72.3. The van der Waals surface area contributed by atoms with Crippen LogP contribution in [0.3, 0.4) is 0 Å². The fourth-order valence-corrected chi connectivity index (χ4v) is 9.07. The lowest BCUT2D eigenvalue weighted by Crippen LogP contribution is -2.33. The van der Waals surface area contributed by atoms with Gasteiger partial charge in [0.05, 0.1) is 103 Å². The van der Waals surface area contributed by atoms with Gasteiger partial charge in [-0.3, -0.25) is 19.2 Å². The molecule has 0 atom stereocenters. The van der Waals surface area contributed by atoms with Crippen LogP contribution in [0.2, 0.25) is 0 Å². The summed E-state index contributed by atoms with van der Waals surface area (Å²) in [6.07, 6.45) is 4.57. The Balaban J connectivity index is 0.734. The third-order valence-electron chi connectivity index (χ3n) is 12.4. The Morgan fingerprint density at radius 3 is 2.11 bits per heavy atom. The second kappa shape index (κ2) is 31.2. The van der Waals surface area contributed by atoms with E-state index >= 15 is 0 Å². The van der Waals surface area contributed by atoms with Crippen LogP contribution < -0.4 is 25.7 Å². The number of hydrogen-bond donors (Lipinski definition) is 5. The van der Waals surface area contributed by atoms with Crippen molar-refractivity contribution >= 4 is 52.9 Å². The standard InChI is InChI=1S/C56H67N6O15PS/c1-2-26-75-48-20-19-45-47(63)38-49(77-55(45)54(48)66)40-15-17-41(18-16-40)56(67)58-24-28-70-30-32-72-34-36-74-37-35-73-33-31-71-29-25-62-53-44-13-7-8-14-46(44)61(39-42-11-5-6-12-43(42)52(53)59-60-62)51(65)22-21-50(64)57-23-9-3-4-10-27-76-78(68,69)79/h2,5-8,11-20,38,66H,1,3-4,9-10,21-37,39H2,(H,57,64)(H,58,67)(H2,68,69,79). The Morgan fingerprint density at radius 2 is 1.41 bits per heavy atom. The molecule has 0 spiro atoms. The van der Waals surface area contributed by atoms with Crippen LogP contribution in [0.25, 0.3) is 44.8 Å². The van der Waals surface area contributed by atoms with Gasteiger partial charge in [0, 0.05) is 54.3 Å². The Kier molecular flexibility index (Phi) is 23.7. The van der Waals surface area contributed by atoms with E-state index < -0.39 is 6.72 Å². The van der Waals surface area contributed by atoms with Crippen molar-refractivity contribution in [2.45, 2.75) is 51.6 Å². The van der Waals surface area contributed by atoms with Crippen molar-refractivity contribution in [2.75, 3.05) is 97.3 Å². The molecule has 0 aliphatic carbocycles. The lowest BCUT2D eigenvalue weighted by atomic mass is 9.95. The number of carbonyl (C=O) groups excluding carboxylic acids is 3. The molecule has 1 aliphatic heterocycles. The average molecular weight is 1130 g/mol. The summed E-state index contributed by atoms with van der Waals surface area (Å²) < 4.78 is 46.4. The summed E-state index contributed by atoms with van der Waals surface area (Å²) in [5.74, 6) is -0.583. The Hall–Kier alpha value is -6.69. The Bertz CT molecular complexity index is 3080. The number of carbonyl (C=O) groups is 3. The molecule has 5 N–H and O–H groups in total. The van der Waals surface area contributed by atoms with E-state index in [4.69, 9.17) is 47.1 Å². The highest BCUT2D eigenvalue weighted by atomic mass is 32.5. The van der Waals surface area contributed by atoms with Crippen molar-refractivity contribution in [1.29, 1.82) is 0 Å².